The standard InChI is InChI=1S/C13H19N3S/c1-3-11-9-12(16(2)15-11)10-14-7-6-13-5-4-8-17-13/h4-5,8-9,14H,3,6-7,10H2,1-2H3. The van der Waals surface area contributed by atoms with Crippen molar-refractivity contribution in [3.8, 4) is 0 Å². The average molecular weight is 249 g/mol. The minimum absolute atomic E-state index is 0.898. The van der Waals surface area contributed by atoms with Crippen LogP contribution in [0.1, 0.15) is 23.2 Å². The van der Waals surface area contributed by atoms with E-state index in [0.29, 0.717) is 0 Å². The van der Waals surface area contributed by atoms with Crippen molar-refractivity contribution in [1.29, 1.82) is 0 Å². The molecule has 0 saturated carbocycles. The SMILES string of the molecule is CCc1cc(CNCCc2cccs2)n(C)n1. The van der Waals surface area contributed by atoms with E-state index in [0.717, 1.165) is 25.9 Å². The zero-order valence-corrected chi connectivity index (χ0v) is 11.3. The molecule has 0 aliphatic rings. The molecule has 0 unspecified atom stereocenters. The van der Waals surface area contributed by atoms with Gasteiger partial charge in [-0.15, -0.1) is 11.3 Å². The summed E-state index contributed by atoms with van der Waals surface area (Å²) in [5.41, 5.74) is 2.43. The zero-order chi connectivity index (χ0) is 12.1. The van der Waals surface area contributed by atoms with Crippen LogP contribution in [-0.4, -0.2) is 16.3 Å². The third-order valence-corrected chi connectivity index (χ3v) is 3.76. The van der Waals surface area contributed by atoms with Crippen molar-refractivity contribution in [2.24, 2.45) is 7.05 Å². The van der Waals surface area contributed by atoms with Crippen LogP contribution >= 0.6 is 11.3 Å². The Balaban J connectivity index is 1.76. The molecule has 2 aromatic rings. The Morgan fingerprint density at radius 2 is 2.35 bits per heavy atom. The largest absolute Gasteiger partial charge is 0.311 e. The maximum Gasteiger partial charge on any atom is 0.0625 e. The predicted octanol–water partition coefficient (Wildman–Crippen LogP) is 2.38. The number of hydrogen-bond acceptors (Lipinski definition) is 3. The van der Waals surface area contributed by atoms with Crippen LogP contribution in [0.25, 0.3) is 0 Å². The number of aromatic nitrogens is 2. The van der Waals surface area contributed by atoms with Gasteiger partial charge in [-0.25, -0.2) is 0 Å². The summed E-state index contributed by atoms with van der Waals surface area (Å²) >= 11 is 1.82. The molecule has 0 atom stereocenters. The molecule has 0 aromatic carbocycles. The van der Waals surface area contributed by atoms with E-state index in [4.69, 9.17) is 0 Å². The van der Waals surface area contributed by atoms with Crippen molar-refractivity contribution in [3.63, 3.8) is 0 Å². The van der Waals surface area contributed by atoms with Gasteiger partial charge in [-0.3, -0.25) is 4.68 Å². The molecule has 0 fully saturated rings. The molecule has 4 heteroatoms. The molecular weight excluding hydrogens is 230 g/mol. The van der Waals surface area contributed by atoms with Gasteiger partial charge in [0.05, 0.1) is 11.4 Å². The van der Waals surface area contributed by atoms with Gasteiger partial charge in [0.15, 0.2) is 0 Å². The number of rotatable bonds is 6. The highest BCUT2D eigenvalue weighted by Crippen LogP contribution is 2.08. The lowest BCUT2D eigenvalue weighted by Crippen LogP contribution is -2.18. The van der Waals surface area contributed by atoms with E-state index in [-0.39, 0.29) is 0 Å². The van der Waals surface area contributed by atoms with Crippen LogP contribution < -0.4 is 5.32 Å². The fourth-order valence-corrected chi connectivity index (χ4v) is 2.50. The lowest BCUT2D eigenvalue weighted by molar-refractivity contribution is 0.624. The minimum Gasteiger partial charge on any atom is -0.311 e. The van der Waals surface area contributed by atoms with E-state index >= 15 is 0 Å². The summed E-state index contributed by atoms with van der Waals surface area (Å²) < 4.78 is 1.97. The summed E-state index contributed by atoms with van der Waals surface area (Å²) in [5.74, 6) is 0. The number of nitrogens with one attached hydrogen (secondary N) is 1. The Hall–Kier alpha value is -1.13. The molecule has 3 nitrogen and oxygen atoms in total. The van der Waals surface area contributed by atoms with E-state index in [1.165, 1.54) is 16.3 Å². The molecular formula is C13H19N3S. The Kier molecular flexibility index (Phi) is 4.34. The van der Waals surface area contributed by atoms with Crippen LogP contribution in [0.2, 0.25) is 0 Å². The highest BCUT2D eigenvalue weighted by Gasteiger charge is 2.02. The molecule has 2 heterocycles. The Morgan fingerprint density at radius 3 is 3.00 bits per heavy atom. The molecule has 92 valence electrons. The van der Waals surface area contributed by atoms with Gasteiger partial charge in [0.1, 0.15) is 0 Å². The molecule has 0 aliphatic heterocycles. The van der Waals surface area contributed by atoms with E-state index in [1.807, 2.05) is 23.1 Å². The predicted molar refractivity (Wildman–Crippen MR) is 72.3 cm³/mol. The number of nitrogens with zero attached hydrogens (tertiary/aromatic N) is 2. The third kappa shape index (κ3) is 3.41. The summed E-state index contributed by atoms with van der Waals surface area (Å²) in [4.78, 5) is 1.44. The summed E-state index contributed by atoms with van der Waals surface area (Å²) in [5, 5.41) is 10.0. The zero-order valence-electron chi connectivity index (χ0n) is 10.4. The van der Waals surface area contributed by atoms with Gasteiger partial charge in [0.25, 0.3) is 0 Å². The first kappa shape index (κ1) is 12.3. The topological polar surface area (TPSA) is 29.9 Å². The van der Waals surface area contributed by atoms with Gasteiger partial charge < -0.3 is 5.32 Å². The monoisotopic (exact) mass is 249 g/mol. The molecule has 0 aliphatic carbocycles. The van der Waals surface area contributed by atoms with Gasteiger partial charge in [-0.05, 0) is 30.4 Å². The molecule has 0 radical (unpaired) electrons. The van der Waals surface area contributed by atoms with Crippen LogP contribution in [0.3, 0.4) is 0 Å². The van der Waals surface area contributed by atoms with Crippen LogP contribution in [0.15, 0.2) is 23.6 Å². The van der Waals surface area contributed by atoms with Gasteiger partial charge >= 0.3 is 0 Å². The maximum absolute atomic E-state index is 4.44. The summed E-state index contributed by atoms with van der Waals surface area (Å²) in [6.07, 6.45) is 2.11. The van der Waals surface area contributed by atoms with Gasteiger partial charge in [-0.2, -0.15) is 5.10 Å². The average Bonchev–Trinajstić information content (AvgIpc) is 2.94. The van der Waals surface area contributed by atoms with Crippen molar-refractivity contribution < 1.29 is 0 Å². The van der Waals surface area contributed by atoms with Gasteiger partial charge in [-0.1, -0.05) is 13.0 Å². The van der Waals surface area contributed by atoms with Crippen LogP contribution in [0, 0.1) is 0 Å². The summed E-state index contributed by atoms with van der Waals surface area (Å²) in [6.45, 7) is 4.05. The van der Waals surface area contributed by atoms with Gasteiger partial charge in [0.2, 0.25) is 0 Å². The fraction of sp³-hybridized carbons (Fsp3) is 0.462. The van der Waals surface area contributed by atoms with Crippen molar-refractivity contribution in [3.05, 3.63) is 39.8 Å². The van der Waals surface area contributed by atoms with Gasteiger partial charge in [0, 0.05) is 25.0 Å². The first-order valence-corrected chi connectivity index (χ1v) is 6.92. The van der Waals surface area contributed by atoms with Crippen molar-refractivity contribution in [2.75, 3.05) is 6.54 Å². The summed E-state index contributed by atoms with van der Waals surface area (Å²) in [6, 6.07) is 6.47. The Bertz CT molecular complexity index is 445. The molecule has 2 rings (SSSR count). The molecule has 2 aromatic heterocycles. The van der Waals surface area contributed by atoms with E-state index < -0.39 is 0 Å². The highest BCUT2D eigenvalue weighted by molar-refractivity contribution is 7.09. The molecule has 1 N–H and O–H groups in total. The van der Waals surface area contributed by atoms with E-state index in [1.54, 1.807) is 0 Å². The first-order valence-electron chi connectivity index (χ1n) is 6.04. The Morgan fingerprint density at radius 1 is 1.47 bits per heavy atom. The quantitative estimate of drug-likeness (QED) is 0.797. The number of hydrogen-bond donors (Lipinski definition) is 1. The Labute approximate surface area is 106 Å². The highest BCUT2D eigenvalue weighted by atomic mass is 32.1. The smallest absolute Gasteiger partial charge is 0.0625 e. The maximum atomic E-state index is 4.44. The van der Waals surface area contributed by atoms with Crippen LogP contribution in [0.4, 0.5) is 0 Å². The third-order valence-electron chi connectivity index (χ3n) is 2.82. The summed E-state index contributed by atoms with van der Waals surface area (Å²) in [7, 11) is 2.01. The second-order valence-electron chi connectivity index (χ2n) is 4.11. The second kappa shape index (κ2) is 5.98. The van der Waals surface area contributed by atoms with Crippen molar-refractivity contribution in [1.82, 2.24) is 15.1 Å². The lowest BCUT2D eigenvalue weighted by Gasteiger charge is -2.03. The lowest BCUT2D eigenvalue weighted by atomic mass is 10.3. The van der Waals surface area contributed by atoms with Crippen molar-refractivity contribution >= 4 is 11.3 Å². The second-order valence-corrected chi connectivity index (χ2v) is 5.14. The van der Waals surface area contributed by atoms with Crippen LogP contribution in [-0.2, 0) is 26.4 Å². The van der Waals surface area contributed by atoms with Crippen LogP contribution in [0.5, 0.6) is 0 Å². The molecule has 0 amide bonds. The number of thiophene rings is 1. The molecule has 0 spiro atoms. The minimum atomic E-state index is 0.898. The normalized spacial score (nSPS) is 10.9. The molecule has 0 saturated heterocycles. The fourth-order valence-electron chi connectivity index (χ4n) is 1.79. The van der Waals surface area contributed by atoms with E-state index in [2.05, 4.69) is 40.9 Å². The van der Waals surface area contributed by atoms with Crippen molar-refractivity contribution in [2.45, 2.75) is 26.3 Å². The molecule has 0 bridgehead atoms. The van der Waals surface area contributed by atoms with E-state index in [9.17, 15) is 0 Å². The first-order chi connectivity index (χ1) is 8.29. The number of aryl methyl sites for hydroxylation is 2. The molecule has 17 heavy (non-hydrogen) atoms.